The van der Waals surface area contributed by atoms with Crippen LogP contribution in [0.15, 0.2) is 72.8 Å². The lowest BCUT2D eigenvalue weighted by Gasteiger charge is -2.04. The third kappa shape index (κ3) is 4.02. The average Bonchev–Trinajstić information content (AvgIpc) is 3.02. The van der Waals surface area contributed by atoms with Gasteiger partial charge in [-0.05, 0) is 23.3 Å². The number of thiophene rings is 1. The first-order valence-electron chi connectivity index (χ1n) is 6.94. The van der Waals surface area contributed by atoms with Crippen LogP contribution in [0, 0.1) is 0 Å². The Kier molecular flexibility index (Phi) is 4.79. The van der Waals surface area contributed by atoms with Crippen molar-refractivity contribution in [3.8, 4) is 10.4 Å². The fraction of sp³-hybridized carbons (Fsp3) is 0.111. The van der Waals surface area contributed by atoms with E-state index in [0.717, 1.165) is 6.54 Å². The summed E-state index contributed by atoms with van der Waals surface area (Å²) < 4.78 is 0. The van der Waals surface area contributed by atoms with Crippen molar-refractivity contribution in [2.45, 2.75) is 13.2 Å². The molecule has 0 radical (unpaired) electrons. The largest absolute Gasteiger partial charge is 0.297 e. The summed E-state index contributed by atoms with van der Waals surface area (Å²) in [6, 6.07) is 24.9. The Bertz CT molecular complexity index is 664. The van der Waals surface area contributed by atoms with Crippen molar-refractivity contribution < 1.29 is 4.84 Å². The van der Waals surface area contributed by atoms with Crippen LogP contribution in [-0.4, -0.2) is 0 Å². The van der Waals surface area contributed by atoms with Crippen LogP contribution in [0.2, 0.25) is 0 Å². The van der Waals surface area contributed by atoms with Crippen molar-refractivity contribution in [1.82, 2.24) is 5.48 Å². The van der Waals surface area contributed by atoms with E-state index in [1.807, 2.05) is 24.3 Å². The maximum atomic E-state index is 5.50. The van der Waals surface area contributed by atoms with Crippen molar-refractivity contribution in [3.63, 3.8) is 0 Å². The average molecular weight is 295 g/mol. The maximum absolute atomic E-state index is 5.50. The Labute approximate surface area is 129 Å². The minimum Gasteiger partial charge on any atom is -0.297 e. The SMILES string of the molecule is c1ccc(CONCc2ccc(-c3ccccc3)s2)cc1. The molecule has 0 aliphatic rings. The number of benzene rings is 2. The van der Waals surface area contributed by atoms with Crippen molar-refractivity contribution in [1.29, 1.82) is 0 Å². The number of hydrogen-bond donors (Lipinski definition) is 1. The highest BCUT2D eigenvalue weighted by Crippen LogP contribution is 2.27. The zero-order chi connectivity index (χ0) is 14.3. The normalized spacial score (nSPS) is 10.7. The summed E-state index contributed by atoms with van der Waals surface area (Å²) in [7, 11) is 0. The topological polar surface area (TPSA) is 21.3 Å². The number of rotatable bonds is 6. The second kappa shape index (κ2) is 7.18. The van der Waals surface area contributed by atoms with E-state index in [2.05, 4.69) is 54.0 Å². The second-order valence-electron chi connectivity index (χ2n) is 4.73. The minimum atomic E-state index is 0.581. The molecule has 0 amide bonds. The van der Waals surface area contributed by atoms with Gasteiger partial charge in [0.05, 0.1) is 13.2 Å². The molecule has 106 valence electrons. The Morgan fingerprint density at radius 3 is 2.29 bits per heavy atom. The molecule has 1 N–H and O–H groups in total. The number of nitrogens with one attached hydrogen (secondary N) is 1. The molecular weight excluding hydrogens is 278 g/mol. The lowest BCUT2D eigenvalue weighted by Crippen LogP contribution is -2.12. The van der Waals surface area contributed by atoms with Crippen molar-refractivity contribution in [2.75, 3.05) is 0 Å². The van der Waals surface area contributed by atoms with Gasteiger partial charge in [0.2, 0.25) is 0 Å². The molecule has 0 saturated heterocycles. The van der Waals surface area contributed by atoms with Crippen LogP contribution in [0.1, 0.15) is 10.4 Å². The van der Waals surface area contributed by atoms with Crippen LogP contribution in [0.5, 0.6) is 0 Å². The van der Waals surface area contributed by atoms with E-state index in [-0.39, 0.29) is 0 Å². The molecule has 1 heterocycles. The minimum absolute atomic E-state index is 0.581. The summed E-state index contributed by atoms with van der Waals surface area (Å²) in [6.07, 6.45) is 0. The van der Waals surface area contributed by atoms with Crippen LogP contribution in [0.4, 0.5) is 0 Å². The molecule has 0 fully saturated rings. The van der Waals surface area contributed by atoms with Crippen LogP contribution in [0.3, 0.4) is 0 Å². The lowest BCUT2D eigenvalue weighted by molar-refractivity contribution is 0.0240. The van der Waals surface area contributed by atoms with Gasteiger partial charge in [-0.15, -0.1) is 11.3 Å². The molecule has 21 heavy (non-hydrogen) atoms. The maximum Gasteiger partial charge on any atom is 0.0933 e. The van der Waals surface area contributed by atoms with Gasteiger partial charge in [0.15, 0.2) is 0 Å². The first-order valence-corrected chi connectivity index (χ1v) is 7.76. The molecule has 0 aliphatic heterocycles. The molecule has 2 nitrogen and oxygen atoms in total. The molecule has 1 aromatic heterocycles. The monoisotopic (exact) mass is 295 g/mol. The van der Waals surface area contributed by atoms with Crippen LogP contribution in [0.25, 0.3) is 10.4 Å². The van der Waals surface area contributed by atoms with Gasteiger partial charge in [-0.3, -0.25) is 4.84 Å². The number of hydrogen-bond acceptors (Lipinski definition) is 3. The molecule has 0 atom stereocenters. The molecule has 0 spiro atoms. The highest BCUT2D eigenvalue weighted by molar-refractivity contribution is 7.15. The van der Waals surface area contributed by atoms with Gasteiger partial charge >= 0.3 is 0 Å². The molecule has 3 rings (SSSR count). The molecule has 0 unspecified atom stereocenters. The van der Waals surface area contributed by atoms with Gasteiger partial charge in [-0.25, -0.2) is 0 Å². The van der Waals surface area contributed by atoms with E-state index < -0.39 is 0 Å². The first-order chi connectivity index (χ1) is 10.4. The standard InChI is InChI=1S/C18H17NOS/c1-3-7-15(8-4-1)14-20-19-13-17-11-12-18(21-17)16-9-5-2-6-10-16/h1-12,19H,13-14H2. The van der Waals surface area contributed by atoms with Crippen LogP contribution < -0.4 is 5.48 Å². The van der Waals surface area contributed by atoms with Gasteiger partial charge < -0.3 is 0 Å². The second-order valence-corrected chi connectivity index (χ2v) is 5.90. The van der Waals surface area contributed by atoms with E-state index >= 15 is 0 Å². The first kappa shape index (κ1) is 14.0. The van der Waals surface area contributed by atoms with Gasteiger partial charge in [0.1, 0.15) is 0 Å². The third-order valence-corrected chi connectivity index (χ3v) is 4.28. The molecule has 3 aromatic rings. The quantitative estimate of drug-likeness (QED) is 0.528. The van der Waals surface area contributed by atoms with Crippen LogP contribution in [-0.2, 0) is 18.0 Å². The van der Waals surface area contributed by atoms with Gasteiger partial charge in [0.25, 0.3) is 0 Å². The van der Waals surface area contributed by atoms with Crippen molar-refractivity contribution >= 4 is 11.3 Å². The van der Waals surface area contributed by atoms with Gasteiger partial charge in [-0.2, -0.15) is 5.48 Å². The Hall–Kier alpha value is -1.94. The summed E-state index contributed by atoms with van der Waals surface area (Å²) in [5.74, 6) is 0. The van der Waals surface area contributed by atoms with E-state index in [1.165, 1.54) is 20.9 Å². The predicted molar refractivity (Wildman–Crippen MR) is 87.8 cm³/mol. The molecular formula is C18H17NOS. The lowest BCUT2D eigenvalue weighted by atomic mass is 10.2. The molecule has 0 aliphatic carbocycles. The Morgan fingerprint density at radius 1 is 0.810 bits per heavy atom. The molecule has 0 saturated carbocycles. The highest BCUT2D eigenvalue weighted by Gasteiger charge is 2.02. The van der Waals surface area contributed by atoms with Gasteiger partial charge in [-0.1, -0.05) is 60.7 Å². The fourth-order valence-electron chi connectivity index (χ4n) is 2.06. The summed E-state index contributed by atoms with van der Waals surface area (Å²) >= 11 is 1.79. The molecule has 0 bridgehead atoms. The summed E-state index contributed by atoms with van der Waals surface area (Å²) in [4.78, 5) is 8.05. The zero-order valence-electron chi connectivity index (χ0n) is 11.7. The summed E-state index contributed by atoms with van der Waals surface area (Å²) in [5, 5.41) is 0. The zero-order valence-corrected chi connectivity index (χ0v) is 12.5. The van der Waals surface area contributed by atoms with E-state index in [4.69, 9.17) is 4.84 Å². The summed E-state index contributed by atoms with van der Waals surface area (Å²) in [5.41, 5.74) is 5.46. The molecule has 2 aromatic carbocycles. The van der Waals surface area contributed by atoms with Gasteiger partial charge in [0, 0.05) is 9.75 Å². The van der Waals surface area contributed by atoms with Crippen molar-refractivity contribution in [3.05, 3.63) is 83.2 Å². The smallest absolute Gasteiger partial charge is 0.0933 e. The highest BCUT2D eigenvalue weighted by atomic mass is 32.1. The van der Waals surface area contributed by atoms with Crippen molar-refractivity contribution in [2.24, 2.45) is 0 Å². The van der Waals surface area contributed by atoms with E-state index in [0.29, 0.717) is 6.61 Å². The Balaban J connectivity index is 1.49. The number of hydroxylamine groups is 1. The van der Waals surface area contributed by atoms with E-state index in [9.17, 15) is 0 Å². The predicted octanol–water partition coefficient (Wildman–Crippen LogP) is 4.64. The fourth-order valence-corrected chi connectivity index (χ4v) is 3.00. The Morgan fingerprint density at radius 2 is 1.52 bits per heavy atom. The summed E-state index contributed by atoms with van der Waals surface area (Å²) in [6.45, 7) is 1.31. The van der Waals surface area contributed by atoms with E-state index in [1.54, 1.807) is 11.3 Å². The third-order valence-electron chi connectivity index (χ3n) is 3.15. The van der Waals surface area contributed by atoms with Crippen LogP contribution >= 0.6 is 11.3 Å². The molecule has 3 heteroatoms.